The summed E-state index contributed by atoms with van der Waals surface area (Å²) in [4.78, 5) is 13.6. The molecule has 1 heterocycles. The van der Waals surface area contributed by atoms with Gasteiger partial charge in [0, 0.05) is 26.1 Å². The monoisotopic (exact) mass is 198 g/mol. The van der Waals surface area contributed by atoms with E-state index in [4.69, 9.17) is 5.73 Å². The molecule has 1 aliphatic heterocycles. The second-order valence-electron chi connectivity index (χ2n) is 4.04. The van der Waals surface area contributed by atoms with E-state index in [1.54, 1.807) is 0 Å². The summed E-state index contributed by atoms with van der Waals surface area (Å²) >= 11 is 0. The van der Waals surface area contributed by atoms with Gasteiger partial charge in [-0.2, -0.15) is 0 Å². The molecule has 0 bridgehead atoms. The Balaban J connectivity index is 2.35. The quantitative estimate of drug-likeness (QED) is 0.731. The molecule has 0 radical (unpaired) electrons. The molecule has 0 atom stereocenters. The van der Waals surface area contributed by atoms with Crippen molar-refractivity contribution in [3.05, 3.63) is 0 Å². The van der Waals surface area contributed by atoms with Crippen molar-refractivity contribution < 1.29 is 4.79 Å². The number of hydrogen-bond acceptors (Lipinski definition) is 2. The first-order valence-electron chi connectivity index (χ1n) is 5.82. The Morgan fingerprint density at radius 3 is 2.00 bits per heavy atom. The molecule has 0 aliphatic carbocycles. The summed E-state index contributed by atoms with van der Waals surface area (Å²) in [6.07, 6.45) is 8.04. The standard InChI is InChI=1S/C11H22N2O/c12-8-7-11(14)13-9-5-3-1-2-4-6-10-13/h1-10,12H2. The predicted octanol–water partition coefficient (Wildman–Crippen LogP) is 1.52. The molecular formula is C11H22N2O. The zero-order valence-corrected chi connectivity index (χ0v) is 9.00. The van der Waals surface area contributed by atoms with Gasteiger partial charge in [0.25, 0.3) is 0 Å². The molecular weight excluding hydrogens is 176 g/mol. The van der Waals surface area contributed by atoms with Gasteiger partial charge in [-0.1, -0.05) is 25.7 Å². The number of carbonyl (C=O) groups is 1. The Morgan fingerprint density at radius 1 is 1.00 bits per heavy atom. The van der Waals surface area contributed by atoms with E-state index < -0.39 is 0 Å². The zero-order valence-electron chi connectivity index (χ0n) is 9.00. The highest BCUT2D eigenvalue weighted by Crippen LogP contribution is 2.11. The summed E-state index contributed by atoms with van der Waals surface area (Å²) in [6.45, 7) is 2.37. The minimum absolute atomic E-state index is 0.245. The third kappa shape index (κ3) is 4.09. The lowest BCUT2D eigenvalue weighted by Gasteiger charge is -2.21. The van der Waals surface area contributed by atoms with E-state index in [0.717, 1.165) is 25.9 Å². The van der Waals surface area contributed by atoms with Gasteiger partial charge in [0.2, 0.25) is 5.91 Å². The van der Waals surface area contributed by atoms with E-state index in [0.29, 0.717) is 13.0 Å². The molecule has 3 nitrogen and oxygen atoms in total. The molecule has 0 spiro atoms. The molecule has 1 rings (SSSR count). The fourth-order valence-corrected chi connectivity index (χ4v) is 1.96. The van der Waals surface area contributed by atoms with Crippen molar-refractivity contribution in [2.24, 2.45) is 5.73 Å². The van der Waals surface area contributed by atoms with Gasteiger partial charge in [0.15, 0.2) is 0 Å². The van der Waals surface area contributed by atoms with Crippen LogP contribution in [0.2, 0.25) is 0 Å². The number of amides is 1. The van der Waals surface area contributed by atoms with Crippen LogP contribution in [0.15, 0.2) is 0 Å². The average Bonchev–Trinajstić information content (AvgIpc) is 2.30. The molecule has 14 heavy (non-hydrogen) atoms. The molecule has 0 aromatic rings. The van der Waals surface area contributed by atoms with Crippen LogP contribution in [-0.2, 0) is 4.79 Å². The minimum atomic E-state index is 0.245. The maximum Gasteiger partial charge on any atom is 0.223 e. The van der Waals surface area contributed by atoms with Crippen LogP contribution >= 0.6 is 0 Å². The van der Waals surface area contributed by atoms with Crippen LogP contribution in [0, 0.1) is 0 Å². The van der Waals surface area contributed by atoms with Crippen molar-refractivity contribution in [2.75, 3.05) is 19.6 Å². The second kappa shape index (κ2) is 6.82. The van der Waals surface area contributed by atoms with Crippen LogP contribution < -0.4 is 5.73 Å². The van der Waals surface area contributed by atoms with Crippen LogP contribution in [0.4, 0.5) is 0 Å². The first-order chi connectivity index (χ1) is 6.84. The van der Waals surface area contributed by atoms with Gasteiger partial charge in [-0.25, -0.2) is 0 Å². The van der Waals surface area contributed by atoms with Crippen molar-refractivity contribution in [2.45, 2.75) is 44.9 Å². The van der Waals surface area contributed by atoms with Crippen LogP contribution in [-0.4, -0.2) is 30.4 Å². The molecule has 0 saturated carbocycles. The molecule has 82 valence electrons. The van der Waals surface area contributed by atoms with E-state index in [-0.39, 0.29) is 5.91 Å². The SMILES string of the molecule is NCCC(=O)N1CCCCCCCC1. The second-order valence-corrected chi connectivity index (χ2v) is 4.04. The fraction of sp³-hybridized carbons (Fsp3) is 0.909. The highest BCUT2D eigenvalue weighted by atomic mass is 16.2. The molecule has 1 fully saturated rings. The summed E-state index contributed by atoms with van der Waals surface area (Å²) in [5.74, 6) is 0.245. The lowest BCUT2D eigenvalue weighted by Crippen LogP contribution is -2.33. The third-order valence-electron chi connectivity index (χ3n) is 2.82. The number of carbonyl (C=O) groups excluding carboxylic acids is 1. The molecule has 1 amide bonds. The van der Waals surface area contributed by atoms with E-state index in [9.17, 15) is 4.79 Å². The van der Waals surface area contributed by atoms with Gasteiger partial charge in [-0.15, -0.1) is 0 Å². The van der Waals surface area contributed by atoms with Gasteiger partial charge < -0.3 is 10.6 Å². The Morgan fingerprint density at radius 2 is 1.50 bits per heavy atom. The van der Waals surface area contributed by atoms with Crippen LogP contribution in [0.25, 0.3) is 0 Å². The van der Waals surface area contributed by atoms with Crippen molar-refractivity contribution in [3.8, 4) is 0 Å². The Hall–Kier alpha value is -0.570. The highest BCUT2D eigenvalue weighted by molar-refractivity contribution is 5.76. The lowest BCUT2D eigenvalue weighted by molar-refractivity contribution is -0.131. The van der Waals surface area contributed by atoms with Gasteiger partial charge in [0.1, 0.15) is 0 Å². The largest absolute Gasteiger partial charge is 0.343 e. The smallest absolute Gasteiger partial charge is 0.223 e. The summed E-state index contributed by atoms with van der Waals surface area (Å²) in [5.41, 5.74) is 5.39. The van der Waals surface area contributed by atoms with Gasteiger partial charge in [-0.3, -0.25) is 4.79 Å². The summed E-state index contributed by atoms with van der Waals surface area (Å²) < 4.78 is 0. The van der Waals surface area contributed by atoms with E-state index in [2.05, 4.69) is 0 Å². The Bertz CT molecular complexity index is 161. The van der Waals surface area contributed by atoms with E-state index in [1.807, 2.05) is 4.90 Å². The molecule has 0 unspecified atom stereocenters. The van der Waals surface area contributed by atoms with Crippen molar-refractivity contribution >= 4 is 5.91 Å². The normalized spacial score (nSPS) is 19.6. The van der Waals surface area contributed by atoms with Crippen LogP contribution in [0.3, 0.4) is 0 Å². The van der Waals surface area contributed by atoms with Crippen molar-refractivity contribution in [1.29, 1.82) is 0 Å². The lowest BCUT2D eigenvalue weighted by atomic mass is 10.1. The Kier molecular flexibility index (Phi) is 5.60. The highest BCUT2D eigenvalue weighted by Gasteiger charge is 2.12. The fourth-order valence-electron chi connectivity index (χ4n) is 1.96. The number of hydrogen-bond donors (Lipinski definition) is 1. The maximum atomic E-state index is 11.6. The summed E-state index contributed by atoms with van der Waals surface area (Å²) in [7, 11) is 0. The summed E-state index contributed by atoms with van der Waals surface area (Å²) in [5, 5.41) is 0. The Labute approximate surface area is 86.6 Å². The van der Waals surface area contributed by atoms with Gasteiger partial charge in [-0.05, 0) is 12.8 Å². The molecule has 1 saturated heterocycles. The minimum Gasteiger partial charge on any atom is -0.343 e. The van der Waals surface area contributed by atoms with Crippen molar-refractivity contribution in [3.63, 3.8) is 0 Å². The van der Waals surface area contributed by atoms with E-state index >= 15 is 0 Å². The molecule has 0 aromatic carbocycles. The first kappa shape index (κ1) is 11.5. The molecule has 2 N–H and O–H groups in total. The summed E-state index contributed by atoms with van der Waals surface area (Å²) in [6, 6.07) is 0. The molecule has 0 aromatic heterocycles. The van der Waals surface area contributed by atoms with Gasteiger partial charge >= 0.3 is 0 Å². The third-order valence-corrected chi connectivity index (χ3v) is 2.82. The maximum absolute atomic E-state index is 11.6. The van der Waals surface area contributed by atoms with Gasteiger partial charge in [0.05, 0.1) is 0 Å². The van der Waals surface area contributed by atoms with E-state index in [1.165, 1.54) is 25.7 Å². The number of rotatable bonds is 2. The van der Waals surface area contributed by atoms with Crippen LogP contribution in [0.5, 0.6) is 0 Å². The zero-order chi connectivity index (χ0) is 10.2. The van der Waals surface area contributed by atoms with Crippen molar-refractivity contribution in [1.82, 2.24) is 4.90 Å². The van der Waals surface area contributed by atoms with Crippen LogP contribution in [0.1, 0.15) is 44.9 Å². The molecule has 1 aliphatic rings. The first-order valence-corrected chi connectivity index (χ1v) is 5.82. The number of nitrogens with zero attached hydrogens (tertiary/aromatic N) is 1. The number of nitrogens with two attached hydrogens (primary N) is 1. The predicted molar refractivity (Wildman–Crippen MR) is 58.0 cm³/mol. The topological polar surface area (TPSA) is 46.3 Å². The molecule has 3 heteroatoms. The average molecular weight is 198 g/mol.